The maximum absolute atomic E-state index is 12.5. The van der Waals surface area contributed by atoms with Gasteiger partial charge in [0.05, 0.1) is 6.04 Å². The first kappa shape index (κ1) is 33.5. The van der Waals surface area contributed by atoms with Crippen LogP contribution in [0, 0.1) is 17.8 Å². The van der Waals surface area contributed by atoms with Gasteiger partial charge in [0.25, 0.3) is 0 Å². The Labute approximate surface area is 230 Å². The van der Waals surface area contributed by atoms with Crippen molar-refractivity contribution >= 4 is 29.5 Å². The predicted octanol–water partition coefficient (Wildman–Crippen LogP) is 7.32. The van der Waals surface area contributed by atoms with Crippen LogP contribution in [0.1, 0.15) is 112 Å². The van der Waals surface area contributed by atoms with Crippen molar-refractivity contribution in [2.24, 2.45) is 17.8 Å². The third kappa shape index (κ3) is 14.9. The van der Waals surface area contributed by atoms with E-state index < -0.39 is 24.1 Å². The molecule has 4 unspecified atom stereocenters. The number of aliphatic carboxylic acids is 1. The Morgan fingerprint density at radius 3 is 2.14 bits per heavy atom. The number of nitrogens with zero attached hydrogens (tertiary/aromatic N) is 1. The zero-order chi connectivity index (χ0) is 27.8. The van der Waals surface area contributed by atoms with Crippen LogP contribution in [0.15, 0.2) is 11.6 Å². The van der Waals surface area contributed by atoms with E-state index in [0.29, 0.717) is 18.7 Å². The van der Waals surface area contributed by atoms with E-state index in [1.165, 1.54) is 80.5 Å². The summed E-state index contributed by atoms with van der Waals surface area (Å²) < 4.78 is 0. The second-order valence-corrected chi connectivity index (χ2v) is 12.8. The van der Waals surface area contributed by atoms with E-state index in [0.717, 1.165) is 36.3 Å². The SMILES string of the molecule is CC(=O)C1CCCN1C(=O)NC(CSC/C=C(\C)CCCC(C)CCCC(C)CCCC(C)C)C(=O)O. The summed E-state index contributed by atoms with van der Waals surface area (Å²) in [6.45, 7) is 13.5. The number of urea groups is 1. The van der Waals surface area contributed by atoms with E-state index in [9.17, 15) is 19.5 Å². The van der Waals surface area contributed by atoms with E-state index in [4.69, 9.17) is 0 Å². The molecule has 0 aromatic heterocycles. The fourth-order valence-electron chi connectivity index (χ4n) is 5.04. The number of thioether (sulfide) groups is 1. The molecular formula is C30H54N2O4S. The van der Waals surface area contributed by atoms with Gasteiger partial charge in [0.2, 0.25) is 0 Å². The fourth-order valence-corrected chi connectivity index (χ4v) is 6.04. The number of carbonyl (C=O) groups is 3. The van der Waals surface area contributed by atoms with Crippen LogP contribution in [-0.4, -0.2) is 57.9 Å². The summed E-state index contributed by atoms with van der Waals surface area (Å²) in [5, 5.41) is 12.1. The largest absolute Gasteiger partial charge is 0.480 e. The Bertz CT molecular complexity index is 724. The van der Waals surface area contributed by atoms with Gasteiger partial charge in [0, 0.05) is 18.1 Å². The summed E-state index contributed by atoms with van der Waals surface area (Å²) >= 11 is 1.51. The second kappa shape index (κ2) is 18.7. The Hall–Kier alpha value is -1.50. The molecule has 214 valence electrons. The summed E-state index contributed by atoms with van der Waals surface area (Å²) in [5.74, 6) is 2.38. The molecule has 1 aliphatic heterocycles. The Morgan fingerprint density at radius 1 is 0.973 bits per heavy atom. The molecule has 1 rings (SSSR count). The molecule has 1 saturated heterocycles. The van der Waals surface area contributed by atoms with Crippen molar-refractivity contribution in [3.8, 4) is 0 Å². The van der Waals surface area contributed by atoms with Crippen molar-refractivity contribution in [3.05, 3.63) is 11.6 Å². The molecule has 0 bridgehead atoms. The van der Waals surface area contributed by atoms with Gasteiger partial charge in [0.1, 0.15) is 6.04 Å². The number of ketones is 1. The van der Waals surface area contributed by atoms with Crippen LogP contribution in [0.25, 0.3) is 0 Å². The van der Waals surface area contributed by atoms with Gasteiger partial charge in [-0.05, 0) is 57.3 Å². The molecule has 0 saturated carbocycles. The minimum atomic E-state index is -1.04. The molecule has 4 atom stereocenters. The van der Waals surface area contributed by atoms with Crippen molar-refractivity contribution in [3.63, 3.8) is 0 Å². The van der Waals surface area contributed by atoms with E-state index in [2.05, 4.69) is 46.0 Å². The maximum atomic E-state index is 12.5. The number of carboxylic acids is 1. The zero-order valence-electron chi connectivity index (χ0n) is 24.4. The molecule has 0 radical (unpaired) electrons. The average molecular weight is 539 g/mol. The summed E-state index contributed by atoms with van der Waals surface area (Å²) in [6.07, 6.45) is 15.2. The highest BCUT2D eigenvalue weighted by Crippen LogP contribution is 2.22. The van der Waals surface area contributed by atoms with Gasteiger partial charge >= 0.3 is 12.0 Å². The molecule has 0 spiro atoms. The maximum Gasteiger partial charge on any atom is 0.327 e. The van der Waals surface area contributed by atoms with Crippen LogP contribution < -0.4 is 5.32 Å². The number of hydrogen-bond donors (Lipinski definition) is 2. The molecule has 0 aromatic carbocycles. The molecule has 1 aliphatic rings. The highest BCUT2D eigenvalue weighted by molar-refractivity contribution is 7.99. The molecule has 6 nitrogen and oxygen atoms in total. The molecule has 7 heteroatoms. The molecule has 0 aliphatic carbocycles. The van der Waals surface area contributed by atoms with Crippen LogP contribution in [0.2, 0.25) is 0 Å². The van der Waals surface area contributed by atoms with Crippen molar-refractivity contribution < 1.29 is 19.5 Å². The molecular weight excluding hydrogens is 484 g/mol. The van der Waals surface area contributed by atoms with E-state index >= 15 is 0 Å². The second-order valence-electron chi connectivity index (χ2n) is 11.7. The van der Waals surface area contributed by atoms with Crippen LogP contribution in [-0.2, 0) is 9.59 Å². The molecule has 1 heterocycles. The number of Topliss-reactive ketones (excluding diaryl/α,β-unsaturated/α-hetero) is 1. The van der Waals surface area contributed by atoms with Crippen LogP contribution in [0.3, 0.4) is 0 Å². The summed E-state index contributed by atoms with van der Waals surface area (Å²) in [7, 11) is 0. The first-order valence-electron chi connectivity index (χ1n) is 14.5. The zero-order valence-corrected chi connectivity index (χ0v) is 25.2. The molecule has 37 heavy (non-hydrogen) atoms. The predicted molar refractivity (Wildman–Crippen MR) is 156 cm³/mol. The van der Waals surface area contributed by atoms with E-state index in [-0.39, 0.29) is 5.78 Å². The van der Waals surface area contributed by atoms with Crippen molar-refractivity contribution in [2.45, 2.75) is 124 Å². The first-order chi connectivity index (χ1) is 17.5. The van der Waals surface area contributed by atoms with Crippen molar-refractivity contribution in [1.29, 1.82) is 0 Å². The van der Waals surface area contributed by atoms with Crippen LogP contribution in [0.4, 0.5) is 4.79 Å². The molecule has 1 fully saturated rings. The highest BCUT2D eigenvalue weighted by Gasteiger charge is 2.33. The van der Waals surface area contributed by atoms with Gasteiger partial charge in [-0.15, -0.1) is 0 Å². The standard InChI is InChI=1S/C30H54N2O4S/c1-22(2)11-7-12-23(3)13-8-14-24(4)15-9-16-25(5)18-20-37-21-27(29(34)35)31-30(36)32-19-10-17-28(32)26(6)33/h18,22-24,27-28H,7-17,19-21H2,1-6H3,(H,31,36)(H,34,35)/b25-18+. The van der Waals surface area contributed by atoms with Gasteiger partial charge < -0.3 is 15.3 Å². The number of carboxylic acid groups (broad SMARTS) is 1. The number of hydrogen-bond acceptors (Lipinski definition) is 4. The average Bonchev–Trinajstić information content (AvgIpc) is 3.31. The lowest BCUT2D eigenvalue weighted by atomic mass is 9.91. The number of amides is 2. The van der Waals surface area contributed by atoms with Crippen molar-refractivity contribution in [2.75, 3.05) is 18.1 Å². The monoisotopic (exact) mass is 538 g/mol. The van der Waals surface area contributed by atoms with Gasteiger partial charge in [-0.2, -0.15) is 11.8 Å². The van der Waals surface area contributed by atoms with Crippen LogP contribution >= 0.6 is 11.8 Å². The number of allylic oxidation sites excluding steroid dienone is 1. The first-order valence-corrected chi connectivity index (χ1v) is 15.7. The summed E-state index contributed by atoms with van der Waals surface area (Å²) in [5.41, 5.74) is 1.34. The number of likely N-dealkylation sites (tertiary alicyclic amines) is 1. The minimum Gasteiger partial charge on any atom is -0.480 e. The lowest BCUT2D eigenvalue weighted by molar-refractivity contribution is -0.138. The minimum absolute atomic E-state index is 0.0500. The van der Waals surface area contributed by atoms with Gasteiger partial charge in [-0.1, -0.05) is 84.3 Å². The number of nitrogens with one attached hydrogen (secondary N) is 1. The smallest absolute Gasteiger partial charge is 0.327 e. The van der Waals surface area contributed by atoms with Gasteiger partial charge in [-0.25, -0.2) is 9.59 Å². The summed E-state index contributed by atoms with van der Waals surface area (Å²) in [4.78, 5) is 37.4. The molecule has 2 amide bonds. The van der Waals surface area contributed by atoms with Gasteiger partial charge in [-0.3, -0.25) is 4.79 Å². The fraction of sp³-hybridized carbons (Fsp3) is 0.833. The van der Waals surface area contributed by atoms with Gasteiger partial charge in [0.15, 0.2) is 5.78 Å². The Kier molecular flexibility index (Phi) is 16.9. The Morgan fingerprint density at radius 2 is 1.57 bits per heavy atom. The molecule has 2 N–H and O–H groups in total. The lowest BCUT2D eigenvalue weighted by Gasteiger charge is -2.25. The third-order valence-corrected chi connectivity index (χ3v) is 8.52. The quantitative estimate of drug-likeness (QED) is 0.133. The normalized spacial score (nSPS) is 18.6. The lowest BCUT2D eigenvalue weighted by Crippen LogP contribution is -2.51. The van der Waals surface area contributed by atoms with E-state index in [1.54, 1.807) is 0 Å². The van der Waals surface area contributed by atoms with Crippen molar-refractivity contribution in [1.82, 2.24) is 10.2 Å². The third-order valence-electron chi connectivity index (χ3n) is 7.55. The Balaban J connectivity index is 2.23. The van der Waals surface area contributed by atoms with E-state index in [1.807, 2.05) is 0 Å². The summed E-state index contributed by atoms with van der Waals surface area (Å²) in [6, 6.07) is -1.84. The number of carbonyl (C=O) groups excluding carboxylic acids is 2. The highest BCUT2D eigenvalue weighted by atomic mass is 32.2. The topological polar surface area (TPSA) is 86.7 Å². The molecule has 0 aromatic rings. The number of rotatable bonds is 19. The van der Waals surface area contributed by atoms with Crippen LogP contribution in [0.5, 0.6) is 0 Å².